The maximum absolute atomic E-state index is 13.6. The predicted octanol–water partition coefficient (Wildman–Crippen LogP) is -0.177. The number of rotatable bonds is 4. The Morgan fingerprint density at radius 2 is 1.89 bits per heavy atom. The molecule has 0 aromatic heterocycles. The number of aromatic hydroxyl groups is 1. The number of Topliss-reactive ketones (excluding diaryl/α,β-unsaturated/α-hetero) is 2. The van der Waals surface area contributed by atoms with Crippen LogP contribution in [0.2, 0.25) is 0 Å². The summed E-state index contributed by atoms with van der Waals surface area (Å²) in [5.74, 6) is -6.62. The van der Waals surface area contributed by atoms with Crippen molar-refractivity contribution in [1.29, 1.82) is 0 Å². The van der Waals surface area contributed by atoms with Crippen molar-refractivity contribution in [3.8, 4) is 5.75 Å². The molecule has 0 aliphatic heterocycles. The predicted molar refractivity (Wildman–Crippen MR) is 129 cm³/mol. The second-order valence-corrected chi connectivity index (χ2v) is 9.72. The van der Waals surface area contributed by atoms with Crippen molar-refractivity contribution in [3.63, 3.8) is 0 Å². The number of phenolic OH excluding ortho intramolecular Hbond substituents is 1. The second kappa shape index (κ2) is 8.24. The first-order valence-corrected chi connectivity index (χ1v) is 11.3. The van der Waals surface area contributed by atoms with Crippen molar-refractivity contribution in [3.05, 3.63) is 39.7 Å². The Hall–Kier alpha value is -3.64. The van der Waals surface area contributed by atoms with Crippen molar-refractivity contribution in [1.82, 2.24) is 5.32 Å². The van der Waals surface area contributed by atoms with Gasteiger partial charge in [-0.05, 0) is 42.6 Å². The zero-order chi connectivity index (χ0) is 26.0. The summed E-state index contributed by atoms with van der Waals surface area (Å²) in [6, 6.07) is 1.72. The molecule has 3 aliphatic carbocycles. The molecule has 0 bridgehead atoms. The van der Waals surface area contributed by atoms with E-state index in [-0.39, 0.29) is 47.8 Å². The molecule has 0 spiro atoms. The molecule has 12 heteroatoms. The van der Waals surface area contributed by atoms with Gasteiger partial charge in [-0.25, -0.2) is 0 Å². The summed E-state index contributed by atoms with van der Waals surface area (Å²) < 4.78 is 0. The number of hydrogen-bond donors (Lipinski definition) is 7. The minimum absolute atomic E-state index is 0.00579. The molecule has 1 amide bonds. The number of amides is 1. The molecule has 0 unspecified atom stereocenters. The Morgan fingerprint density at radius 3 is 2.46 bits per heavy atom. The Bertz CT molecular complexity index is 1270. The molecule has 11 nitrogen and oxygen atoms in total. The smallest absolute Gasteiger partial charge is 0.255 e. The van der Waals surface area contributed by atoms with E-state index in [4.69, 9.17) is 23.7 Å². The average Bonchev–Trinajstić information content (AvgIpc) is 2.75. The third-order valence-corrected chi connectivity index (χ3v) is 7.20. The number of aliphatic hydroxyl groups excluding tert-OH is 2. The van der Waals surface area contributed by atoms with Crippen molar-refractivity contribution >= 4 is 46.3 Å². The molecule has 1 aromatic rings. The van der Waals surface area contributed by atoms with Crippen LogP contribution in [0.25, 0.3) is 5.76 Å². The van der Waals surface area contributed by atoms with Gasteiger partial charge in [0, 0.05) is 49.8 Å². The van der Waals surface area contributed by atoms with E-state index in [1.807, 2.05) is 0 Å². The van der Waals surface area contributed by atoms with Gasteiger partial charge in [0.2, 0.25) is 5.78 Å². The number of nitrogens with two attached hydrogens (primary N) is 2. The number of nitrogens with one attached hydrogen (secondary N) is 1. The standard InChI is InChI=1S/C23H26N4O7S/c1-27(2)12-5-9(7-26-22(25)35)17(29)15-11(12)4-8-3-10-6-13(28)16(21(24)33)20(32)23(10,34)19(31)14(8)18(15)30/h5,8,10,29-30,32,34H,3-4,6-7H2,1-2H3,(H2,24,33)(H3,25,26,35)/t8-,10+,23+/m1/s1. The first-order chi connectivity index (χ1) is 16.3. The number of benzene rings is 1. The number of phenols is 1. The Balaban J connectivity index is 1.93. The van der Waals surface area contributed by atoms with Crippen LogP contribution >= 0.6 is 12.2 Å². The topological polar surface area (TPSA) is 199 Å². The van der Waals surface area contributed by atoms with Crippen LogP contribution in [0.3, 0.4) is 0 Å². The third kappa shape index (κ3) is 3.51. The summed E-state index contributed by atoms with van der Waals surface area (Å²) in [5, 5.41) is 47.0. The fourth-order valence-electron chi connectivity index (χ4n) is 5.44. The summed E-state index contributed by atoms with van der Waals surface area (Å²) in [6.07, 6.45) is -0.0723. The lowest BCUT2D eigenvalue weighted by molar-refractivity contribution is -0.147. The summed E-state index contributed by atoms with van der Waals surface area (Å²) in [4.78, 5) is 39.6. The van der Waals surface area contributed by atoms with Crippen molar-refractivity contribution < 1.29 is 34.8 Å². The molecule has 3 atom stereocenters. The lowest BCUT2D eigenvalue weighted by atomic mass is 9.59. The van der Waals surface area contributed by atoms with Crippen molar-refractivity contribution in [2.24, 2.45) is 23.3 Å². The van der Waals surface area contributed by atoms with Crippen LogP contribution in [-0.2, 0) is 27.3 Å². The number of ketones is 2. The number of hydrogen-bond acceptors (Lipinski definition) is 9. The van der Waals surface area contributed by atoms with Crippen LogP contribution in [0.5, 0.6) is 5.75 Å². The number of nitrogens with zero attached hydrogens (tertiary/aromatic N) is 1. The SMILES string of the molecule is CN(C)c1cc(CNC(N)=S)c(O)c2c1C[C@H]1C[C@H]3CC(=O)C(C(N)=O)=C(O)[C@@]3(O)C(=O)C1=C2O. The molecule has 186 valence electrons. The number of carbonyl (C=O) groups is 3. The number of carbonyl (C=O) groups excluding carboxylic acids is 3. The lowest BCUT2D eigenvalue weighted by Gasteiger charge is -2.46. The molecule has 4 rings (SSSR count). The van der Waals surface area contributed by atoms with E-state index in [0.29, 0.717) is 16.8 Å². The first-order valence-electron chi connectivity index (χ1n) is 10.9. The van der Waals surface area contributed by atoms with Gasteiger partial charge >= 0.3 is 0 Å². The van der Waals surface area contributed by atoms with Crippen LogP contribution in [0.15, 0.2) is 23.0 Å². The first kappa shape index (κ1) is 24.5. The van der Waals surface area contributed by atoms with E-state index >= 15 is 0 Å². The van der Waals surface area contributed by atoms with Gasteiger partial charge in [-0.15, -0.1) is 0 Å². The van der Waals surface area contributed by atoms with Gasteiger partial charge in [-0.1, -0.05) is 0 Å². The molecule has 1 saturated carbocycles. The lowest BCUT2D eigenvalue weighted by Crippen LogP contribution is -2.58. The fourth-order valence-corrected chi connectivity index (χ4v) is 5.51. The summed E-state index contributed by atoms with van der Waals surface area (Å²) >= 11 is 4.83. The average molecular weight is 503 g/mol. The number of fused-ring (bicyclic) bond motifs is 3. The van der Waals surface area contributed by atoms with Crippen LogP contribution in [-0.4, -0.2) is 62.7 Å². The maximum Gasteiger partial charge on any atom is 0.255 e. The van der Waals surface area contributed by atoms with Gasteiger partial charge in [-0.3, -0.25) is 14.4 Å². The zero-order valence-electron chi connectivity index (χ0n) is 19.1. The summed E-state index contributed by atoms with van der Waals surface area (Å²) in [5.41, 5.74) is 8.72. The highest BCUT2D eigenvalue weighted by Crippen LogP contribution is 2.53. The van der Waals surface area contributed by atoms with Gasteiger partial charge in [-0.2, -0.15) is 0 Å². The van der Waals surface area contributed by atoms with Crippen molar-refractivity contribution in [2.45, 2.75) is 31.4 Å². The van der Waals surface area contributed by atoms with E-state index in [1.54, 1.807) is 25.1 Å². The van der Waals surface area contributed by atoms with Crippen molar-refractivity contribution in [2.75, 3.05) is 19.0 Å². The molecular weight excluding hydrogens is 476 g/mol. The largest absolute Gasteiger partial charge is 0.508 e. The zero-order valence-corrected chi connectivity index (χ0v) is 19.9. The quantitative estimate of drug-likeness (QED) is 0.213. The number of anilines is 1. The molecule has 35 heavy (non-hydrogen) atoms. The van der Waals surface area contributed by atoms with Gasteiger partial charge in [0.1, 0.15) is 22.8 Å². The number of aliphatic hydroxyl groups is 3. The van der Waals surface area contributed by atoms with Crippen LogP contribution in [0, 0.1) is 11.8 Å². The summed E-state index contributed by atoms with van der Waals surface area (Å²) in [7, 11) is 3.57. The minimum atomic E-state index is -2.60. The van der Waals surface area contributed by atoms with E-state index in [9.17, 15) is 34.8 Å². The van der Waals surface area contributed by atoms with E-state index in [1.165, 1.54) is 0 Å². The second-order valence-electron chi connectivity index (χ2n) is 9.28. The normalized spacial score (nSPS) is 25.6. The molecule has 9 N–H and O–H groups in total. The van der Waals surface area contributed by atoms with E-state index in [0.717, 1.165) is 0 Å². The minimum Gasteiger partial charge on any atom is -0.508 e. The molecule has 0 saturated heterocycles. The van der Waals surface area contributed by atoms with Gasteiger partial charge in [0.15, 0.2) is 16.5 Å². The van der Waals surface area contributed by atoms with Gasteiger partial charge in [0.25, 0.3) is 5.91 Å². The number of primary amides is 1. The van der Waals surface area contributed by atoms with Gasteiger partial charge in [0.05, 0.1) is 5.56 Å². The third-order valence-electron chi connectivity index (χ3n) is 7.05. The molecule has 1 aromatic carbocycles. The number of thiocarbonyl (C=S) groups is 1. The van der Waals surface area contributed by atoms with Crippen LogP contribution in [0.1, 0.15) is 29.5 Å². The van der Waals surface area contributed by atoms with Crippen LogP contribution in [0.4, 0.5) is 5.69 Å². The maximum atomic E-state index is 13.6. The molecule has 0 radical (unpaired) electrons. The highest BCUT2D eigenvalue weighted by Gasteiger charge is 2.60. The molecule has 3 aliphatic rings. The van der Waals surface area contributed by atoms with E-state index in [2.05, 4.69) is 5.32 Å². The van der Waals surface area contributed by atoms with Gasteiger partial charge < -0.3 is 42.1 Å². The van der Waals surface area contributed by atoms with E-state index < -0.39 is 52.0 Å². The summed E-state index contributed by atoms with van der Waals surface area (Å²) in [6.45, 7) is 0.0505. The Morgan fingerprint density at radius 1 is 1.23 bits per heavy atom. The molecule has 0 heterocycles. The Kier molecular flexibility index (Phi) is 5.76. The molecular formula is C23H26N4O7S. The Labute approximate surface area is 205 Å². The monoisotopic (exact) mass is 502 g/mol. The highest BCUT2D eigenvalue weighted by molar-refractivity contribution is 7.80. The fraction of sp³-hybridized carbons (Fsp3) is 0.391. The molecule has 1 fully saturated rings. The van der Waals surface area contributed by atoms with Crippen LogP contribution < -0.4 is 21.7 Å². The highest BCUT2D eigenvalue weighted by atomic mass is 32.1.